The molecule has 0 rings (SSSR count). The lowest BCUT2D eigenvalue weighted by Gasteiger charge is -2.28. The van der Waals surface area contributed by atoms with Crippen molar-refractivity contribution >= 4 is 11.9 Å². The van der Waals surface area contributed by atoms with E-state index in [1.807, 2.05) is 6.92 Å². The van der Waals surface area contributed by atoms with E-state index < -0.39 is 0 Å². The topological polar surface area (TPSA) is 52.6 Å². The van der Waals surface area contributed by atoms with Gasteiger partial charge in [0.05, 0.1) is 20.6 Å². The van der Waals surface area contributed by atoms with Crippen LogP contribution in [0.3, 0.4) is 0 Å². The summed E-state index contributed by atoms with van der Waals surface area (Å²) >= 11 is 0. The van der Waals surface area contributed by atoms with Crippen molar-refractivity contribution < 1.29 is 19.1 Å². The Morgan fingerprint density at radius 2 is 1.65 bits per heavy atom. The van der Waals surface area contributed by atoms with Crippen molar-refractivity contribution in [3.63, 3.8) is 0 Å². The first-order valence-electron chi connectivity index (χ1n) is 6.11. The third-order valence-electron chi connectivity index (χ3n) is 3.09. The van der Waals surface area contributed by atoms with Crippen LogP contribution >= 0.6 is 0 Å². The maximum absolute atomic E-state index is 11.4. The molecule has 0 saturated carbocycles. The number of methoxy groups -OCH3 is 2. The number of hydrogen-bond donors (Lipinski definition) is 0. The number of ether oxygens (including phenoxy) is 2. The standard InChI is InChI=1S/C13H24O4/c1-5-6-8-13(2,10-12(15)17-4)9-7-11(14)16-3/h5-10H2,1-4H3/t13-/m1/s1. The third kappa shape index (κ3) is 6.97. The minimum absolute atomic E-state index is 0.169. The number of rotatable bonds is 8. The molecule has 0 heterocycles. The summed E-state index contributed by atoms with van der Waals surface area (Å²) in [6.07, 6.45) is 4.43. The van der Waals surface area contributed by atoms with E-state index in [4.69, 9.17) is 4.74 Å². The van der Waals surface area contributed by atoms with Gasteiger partial charge in [-0.3, -0.25) is 9.59 Å². The van der Waals surface area contributed by atoms with Gasteiger partial charge >= 0.3 is 11.9 Å². The van der Waals surface area contributed by atoms with Crippen molar-refractivity contribution in [2.24, 2.45) is 5.41 Å². The zero-order valence-corrected chi connectivity index (χ0v) is 11.4. The summed E-state index contributed by atoms with van der Waals surface area (Å²) in [5.41, 5.74) is -0.169. The molecule has 0 spiro atoms. The van der Waals surface area contributed by atoms with Crippen LogP contribution in [0, 0.1) is 5.41 Å². The van der Waals surface area contributed by atoms with Gasteiger partial charge in [-0.15, -0.1) is 0 Å². The quantitative estimate of drug-likeness (QED) is 0.616. The Hall–Kier alpha value is -1.06. The van der Waals surface area contributed by atoms with Crippen molar-refractivity contribution in [2.75, 3.05) is 14.2 Å². The largest absolute Gasteiger partial charge is 0.469 e. The van der Waals surface area contributed by atoms with Crippen LogP contribution in [-0.4, -0.2) is 26.2 Å². The van der Waals surface area contributed by atoms with E-state index in [-0.39, 0.29) is 17.4 Å². The van der Waals surface area contributed by atoms with Gasteiger partial charge in [0.15, 0.2) is 0 Å². The number of hydrogen-bond acceptors (Lipinski definition) is 4. The summed E-state index contributed by atoms with van der Waals surface area (Å²) in [6, 6.07) is 0. The highest BCUT2D eigenvalue weighted by Gasteiger charge is 2.28. The molecule has 0 bridgehead atoms. The van der Waals surface area contributed by atoms with Crippen molar-refractivity contribution in [1.82, 2.24) is 0 Å². The predicted octanol–water partition coefficient (Wildman–Crippen LogP) is 2.70. The Morgan fingerprint density at radius 3 is 2.12 bits per heavy atom. The summed E-state index contributed by atoms with van der Waals surface area (Å²) in [7, 11) is 2.77. The molecule has 0 aliphatic carbocycles. The maximum atomic E-state index is 11.4. The summed E-state index contributed by atoms with van der Waals surface area (Å²) in [5.74, 6) is -0.439. The predicted molar refractivity (Wildman–Crippen MR) is 65.5 cm³/mol. The van der Waals surface area contributed by atoms with Crippen LogP contribution in [0.25, 0.3) is 0 Å². The molecule has 100 valence electrons. The van der Waals surface area contributed by atoms with Crippen LogP contribution in [0.2, 0.25) is 0 Å². The van der Waals surface area contributed by atoms with Gasteiger partial charge in [0.1, 0.15) is 0 Å². The van der Waals surface area contributed by atoms with E-state index in [0.29, 0.717) is 19.3 Å². The fraction of sp³-hybridized carbons (Fsp3) is 0.846. The van der Waals surface area contributed by atoms with E-state index in [9.17, 15) is 9.59 Å². The fourth-order valence-corrected chi connectivity index (χ4v) is 1.83. The molecule has 0 aromatic heterocycles. The molecule has 0 radical (unpaired) electrons. The lowest BCUT2D eigenvalue weighted by molar-refractivity contribution is -0.145. The molecule has 17 heavy (non-hydrogen) atoms. The van der Waals surface area contributed by atoms with Crippen molar-refractivity contribution in [3.8, 4) is 0 Å². The van der Waals surface area contributed by atoms with Crippen LogP contribution in [0.4, 0.5) is 0 Å². The van der Waals surface area contributed by atoms with Crippen LogP contribution in [-0.2, 0) is 19.1 Å². The van der Waals surface area contributed by atoms with E-state index in [0.717, 1.165) is 19.3 Å². The highest BCUT2D eigenvalue weighted by atomic mass is 16.5. The summed E-state index contributed by atoms with van der Waals surface area (Å²) in [6.45, 7) is 4.14. The first-order chi connectivity index (χ1) is 7.97. The average Bonchev–Trinajstić information content (AvgIpc) is 2.33. The Bertz CT molecular complexity index is 250. The van der Waals surface area contributed by atoms with Crippen molar-refractivity contribution in [2.45, 2.75) is 52.4 Å². The Balaban J connectivity index is 4.37. The second kappa shape index (κ2) is 8.09. The fourth-order valence-electron chi connectivity index (χ4n) is 1.83. The lowest BCUT2D eigenvalue weighted by Crippen LogP contribution is -2.23. The van der Waals surface area contributed by atoms with Gasteiger partial charge in [-0.25, -0.2) is 0 Å². The van der Waals surface area contributed by atoms with Gasteiger partial charge < -0.3 is 9.47 Å². The van der Waals surface area contributed by atoms with Gasteiger partial charge in [0, 0.05) is 6.42 Å². The molecule has 0 aromatic carbocycles. The zero-order valence-electron chi connectivity index (χ0n) is 11.4. The van der Waals surface area contributed by atoms with Crippen LogP contribution in [0.15, 0.2) is 0 Å². The highest BCUT2D eigenvalue weighted by Crippen LogP contribution is 2.34. The normalized spacial score (nSPS) is 13.9. The van der Waals surface area contributed by atoms with E-state index >= 15 is 0 Å². The number of carbonyl (C=O) groups excluding carboxylic acids is 2. The molecule has 4 heteroatoms. The smallest absolute Gasteiger partial charge is 0.306 e. The summed E-state index contributed by atoms with van der Waals surface area (Å²) in [5, 5.41) is 0. The molecule has 0 unspecified atom stereocenters. The molecule has 0 saturated heterocycles. The Kier molecular flexibility index (Phi) is 7.59. The second-order valence-corrected chi connectivity index (χ2v) is 4.74. The molecule has 0 aliphatic rings. The first kappa shape index (κ1) is 15.9. The van der Waals surface area contributed by atoms with Crippen LogP contribution in [0.1, 0.15) is 52.4 Å². The molecule has 0 fully saturated rings. The van der Waals surface area contributed by atoms with Gasteiger partial charge in [-0.1, -0.05) is 26.7 Å². The molecule has 4 nitrogen and oxygen atoms in total. The average molecular weight is 244 g/mol. The number of unbranched alkanes of at least 4 members (excludes halogenated alkanes) is 1. The monoisotopic (exact) mass is 244 g/mol. The Labute approximate surface area is 104 Å². The zero-order chi connectivity index (χ0) is 13.3. The second-order valence-electron chi connectivity index (χ2n) is 4.74. The molecular formula is C13H24O4. The minimum Gasteiger partial charge on any atom is -0.469 e. The van der Waals surface area contributed by atoms with Crippen molar-refractivity contribution in [1.29, 1.82) is 0 Å². The van der Waals surface area contributed by atoms with Gasteiger partial charge in [0.25, 0.3) is 0 Å². The molecule has 0 aromatic rings. The third-order valence-corrected chi connectivity index (χ3v) is 3.09. The van der Waals surface area contributed by atoms with Gasteiger partial charge in [-0.2, -0.15) is 0 Å². The number of esters is 2. The van der Waals surface area contributed by atoms with Crippen molar-refractivity contribution in [3.05, 3.63) is 0 Å². The van der Waals surface area contributed by atoms with Gasteiger partial charge in [-0.05, 0) is 18.3 Å². The van der Waals surface area contributed by atoms with Crippen LogP contribution in [0.5, 0.6) is 0 Å². The molecule has 1 atom stereocenters. The van der Waals surface area contributed by atoms with E-state index in [2.05, 4.69) is 11.7 Å². The lowest BCUT2D eigenvalue weighted by atomic mass is 9.78. The summed E-state index contributed by atoms with van der Waals surface area (Å²) < 4.78 is 9.33. The summed E-state index contributed by atoms with van der Waals surface area (Å²) in [4.78, 5) is 22.5. The molecular weight excluding hydrogens is 220 g/mol. The highest BCUT2D eigenvalue weighted by molar-refractivity contribution is 5.71. The molecule has 0 N–H and O–H groups in total. The molecule has 0 aliphatic heterocycles. The van der Waals surface area contributed by atoms with E-state index in [1.165, 1.54) is 14.2 Å². The maximum Gasteiger partial charge on any atom is 0.306 e. The first-order valence-corrected chi connectivity index (χ1v) is 6.11. The molecule has 0 amide bonds. The van der Waals surface area contributed by atoms with E-state index in [1.54, 1.807) is 0 Å². The minimum atomic E-state index is -0.224. The Morgan fingerprint density at radius 1 is 1.06 bits per heavy atom. The van der Waals surface area contributed by atoms with Crippen LogP contribution < -0.4 is 0 Å². The number of carbonyl (C=O) groups is 2. The SMILES string of the molecule is CCCC[C@](C)(CCC(=O)OC)CC(=O)OC. The van der Waals surface area contributed by atoms with Gasteiger partial charge in [0.2, 0.25) is 0 Å².